The molecule has 0 radical (unpaired) electrons. The van der Waals surface area contributed by atoms with E-state index in [0.717, 1.165) is 61.9 Å². The summed E-state index contributed by atoms with van der Waals surface area (Å²) in [5.74, 6) is 1.60. The van der Waals surface area contributed by atoms with Crippen LogP contribution in [0.15, 0.2) is 29.3 Å². The van der Waals surface area contributed by atoms with Crippen LogP contribution in [0.3, 0.4) is 0 Å². The number of carbonyl (C=O) groups excluding carboxylic acids is 1. The molecule has 1 saturated carbocycles. The van der Waals surface area contributed by atoms with Crippen LogP contribution in [0.25, 0.3) is 0 Å². The number of rotatable bonds is 6. The predicted molar refractivity (Wildman–Crippen MR) is 122 cm³/mol. The molecule has 0 atom stereocenters. The molecule has 1 heterocycles. The van der Waals surface area contributed by atoms with E-state index in [1.54, 1.807) is 0 Å². The summed E-state index contributed by atoms with van der Waals surface area (Å²) in [6, 6.07) is 7.86. The van der Waals surface area contributed by atoms with Crippen molar-refractivity contribution >= 4 is 53.1 Å². The molecule has 1 aromatic carbocycles. The van der Waals surface area contributed by atoms with Crippen molar-refractivity contribution in [2.24, 2.45) is 10.9 Å². The Hall–Kier alpha value is -1.22. The second kappa shape index (κ2) is 10.9. The first-order valence-electron chi connectivity index (χ1n) is 9.46. The van der Waals surface area contributed by atoms with E-state index in [2.05, 4.69) is 20.5 Å². The number of carbonyl (C=O) groups is 1. The molecule has 0 bridgehead atoms. The van der Waals surface area contributed by atoms with Gasteiger partial charge in [0.2, 0.25) is 5.91 Å². The Morgan fingerprint density at radius 1 is 1.15 bits per heavy atom. The van der Waals surface area contributed by atoms with E-state index in [0.29, 0.717) is 0 Å². The van der Waals surface area contributed by atoms with Gasteiger partial charge in [0, 0.05) is 50.0 Å². The Labute approximate surface area is 183 Å². The third-order valence-electron chi connectivity index (χ3n) is 4.80. The molecule has 6 nitrogen and oxygen atoms in total. The van der Waals surface area contributed by atoms with E-state index in [-0.39, 0.29) is 36.4 Å². The Morgan fingerprint density at radius 2 is 1.81 bits per heavy atom. The van der Waals surface area contributed by atoms with Gasteiger partial charge in [0.05, 0.1) is 0 Å². The van der Waals surface area contributed by atoms with Crippen LogP contribution in [-0.2, 0) is 4.79 Å². The van der Waals surface area contributed by atoms with Crippen molar-refractivity contribution < 1.29 is 4.79 Å². The normalized spacial score (nSPS) is 17.3. The molecule has 150 valence electrons. The van der Waals surface area contributed by atoms with Gasteiger partial charge in [-0.15, -0.1) is 24.0 Å². The zero-order valence-electron chi connectivity index (χ0n) is 15.8. The van der Waals surface area contributed by atoms with Gasteiger partial charge in [0.25, 0.3) is 0 Å². The van der Waals surface area contributed by atoms with Crippen molar-refractivity contribution in [2.45, 2.75) is 19.8 Å². The molecule has 27 heavy (non-hydrogen) atoms. The van der Waals surface area contributed by atoms with E-state index in [1.165, 1.54) is 12.8 Å². The van der Waals surface area contributed by atoms with Gasteiger partial charge in [-0.25, -0.2) is 4.99 Å². The first-order valence-corrected chi connectivity index (χ1v) is 9.84. The highest BCUT2D eigenvalue weighted by molar-refractivity contribution is 14.0. The molecule has 3 rings (SSSR count). The standard InChI is InChI=1S/C19H28ClN5O.HI/c1-2-21-19(22-13-15-3-4-15)23-14-18(26)25-11-9-24(10-12-25)17-7-5-16(20)6-8-17;/h5-8,15H,2-4,9-14H2,1H3,(H2,21,22,23);1H. The molecule has 0 spiro atoms. The lowest BCUT2D eigenvalue weighted by molar-refractivity contribution is -0.129. The molecular weight excluding hydrogens is 477 g/mol. The van der Waals surface area contributed by atoms with Crippen molar-refractivity contribution in [3.63, 3.8) is 0 Å². The first-order chi connectivity index (χ1) is 12.7. The molecule has 1 aliphatic heterocycles. The van der Waals surface area contributed by atoms with Crippen LogP contribution in [-0.4, -0.2) is 62.6 Å². The monoisotopic (exact) mass is 505 g/mol. The number of halogens is 2. The lowest BCUT2D eigenvalue weighted by Crippen LogP contribution is -2.49. The highest BCUT2D eigenvalue weighted by Crippen LogP contribution is 2.27. The maximum atomic E-state index is 12.5. The first kappa shape index (κ1) is 22.1. The predicted octanol–water partition coefficient (Wildman–Crippen LogP) is 2.57. The Morgan fingerprint density at radius 3 is 2.41 bits per heavy atom. The minimum absolute atomic E-state index is 0. The van der Waals surface area contributed by atoms with Crippen LogP contribution in [0, 0.1) is 5.92 Å². The van der Waals surface area contributed by atoms with Crippen molar-refractivity contribution in [1.82, 2.24) is 15.5 Å². The minimum Gasteiger partial charge on any atom is -0.368 e. The average Bonchev–Trinajstić information content (AvgIpc) is 3.49. The maximum absolute atomic E-state index is 12.5. The number of amides is 1. The minimum atomic E-state index is 0. The summed E-state index contributed by atoms with van der Waals surface area (Å²) in [5.41, 5.74) is 1.15. The quantitative estimate of drug-likeness (QED) is 0.354. The van der Waals surface area contributed by atoms with Gasteiger partial charge in [0.15, 0.2) is 5.96 Å². The molecule has 0 aromatic heterocycles. The molecular formula is C19H29ClIN5O. The van der Waals surface area contributed by atoms with Gasteiger partial charge in [-0.3, -0.25) is 4.79 Å². The fourth-order valence-corrected chi connectivity index (χ4v) is 3.14. The van der Waals surface area contributed by atoms with Crippen LogP contribution in [0.4, 0.5) is 5.69 Å². The summed E-state index contributed by atoms with van der Waals surface area (Å²) >= 11 is 5.95. The van der Waals surface area contributed by atoms with E-state index in [9.17, 15) is 4.79 Å². The zero-order valence-corrected chi connectivity index (χ0v) is 18.9. The molecule has 1 aliphatic carbocycles. The Balaban J connectivity index is 0.00000261. The van der Waals surface area contributed by atoms with Crippen LogP contribution in [0.1, 0.15) is 19.8 Å². The van der Waals surface area contributed by atoms with E-state index >= 15 is 0 Å². The number of guanidine groups is 1. The van der Waals surface area contributed by atoms with Gasteiger partial charge in [0.1, 0.15) is 6.54 Å². The highest BCUT2D eigenvalue weighted by atomic mass is 127. The molecule has 1 aromatic rings. The second-order valence-electron chi connectivity index (χ2n) is 6.86. The van der Waals surface area contributed by atoms with Crippen LogP contribution in [0.2, 0.25) is 5.02 Å². The third kappa shape index (κ3) is 7.03. The van der Waals surface area contributed by atoms with Crippen LogP contribution in [0.5, 0.6) is 0 Å². The number of benzene rings is 1. The largest absolute Gasteiger partial charge is 0.368 e. The van der Waals surface area contributed by atoms with Gasteiger partial charge in [-0.05, 0) is 49.9 Å². The number of hydrogen-bond donors (Lipinski definition) is 2. The summed E-state index contributed by atoms with van der Waals surface area (Å²) in [5, 5.41) is 7.27. The number of nitrogens with one attached hydrogen (secondary N) is 2. The van der Waals surface area contributed by atoms with Gasteiger partial charge in [-0.2, -0.15) is 0 Å². The number of aliphatic imine (C=N–C) groups is 1. The summed E-state index contributed by atoms with van der Waals surface area (Å²) in [7, 11) is 0. The zero-order chi connectivity index (χ0) is 18.4. The summed E-state index contributed by atoms with van der Waals surface area (Å²) in [6.07, 6.45) is 2.59. The van der Waals surface area contributed by atoms with Crippen molar-refractivity contribution in [3.8, 4) is 0 Å². The lowest BCUT2D eigenvalue weighted by Gasteiger charge is -2.36. The Bertz CT molecular complexity index is 627. The number of hydrogen-bond acceptors (Lipinski definition) is 3. The Kier molecular flexibility index (Phi) is 8.95. The number of nitrogens with zero attached hydrogens (tertiary/aromatic N) is 3. The molecule has 1 saturated heterocycles. The fraction of sp³-hybridized carbons (Fsp3) is 0.579. The van der Waals surface area contributed by atoms with Gasteiger partial charge < -0.3 is 20.4 Å². The number of piperazine rings is 1. The van der Waals surface area contributed by atoms with Crippen LogP contribution < -0.4 is 15.5 Å². The van der Waals surface area contributed by atoms with Crippen molar-refractivity contribution in [3.05, 3.63) is 29.3 Å². The fourth-order valence-electron chi connectivity index (χ4n) is 3.02. The van der Waals surface area contributed by atoms with E-state index < -0.39 is 0 Å². The second-order valence-corrected chi connectivity index (χ2v) is 7.30. The van der Waals surface area contributed by atoms with Gasteiger partial charge in [-0.1, -0.05) is 11.6 Å². The van der Waals surface area contributed by atoms with Crippen molar-refractivity contribution in [1.29, 1.82) is 0 Å². The summed E-state index contributed by atoms with van der Waals surface area (Å²) in [6.45, 7) is 7.08. The van der Waals surface area contributed by atoms with E-state index in [4.69, 9.17) is 11.6 Å². The number of anilines is 1. The maximum Gasteiger partial charge on any atom is 0.244 e. The molecule has 2 N–H and O–H groups in total. The summed E-state index contributed by atoms with van der Waals surface area (Å²) in [4.78, 5) is 21.1. The lowest BCUT2D eigenvalue weighted by atomic mass is 10.2. The van der Waals surface area contributed by atoms with E-state index in [1.807, 2.05) is 36.1 Å². The molecule has 0 unspecified atom stereocenters. The SMILES string of the molecule is CCNC(=NCC(=O)N1CCN(c2ccc(Cl)cc2)CC1)NCC1CC1.I. The molecule has 2 aliphatic rings. The van der Waals surface area contributed by atoms with Gasteiger partial charge >= 0.3 is 0 Å². The molecule has 1 amide bonds. The smallest absolute Gasteiger partial charge is 0.244 e. The topological polar surface area (TPSA) is 60.0 Å². The molecule has 2 fully saturated rings. The average molecular weight is 506 g/mol. The molecule has 8 heteroatoms. The third-order valence-corrected chi connectivity index (χ3v) is 5.05. The van der Waals surface area contributed by atoms with Crippen molar-refractivity contribution in [2.75, 3.05) is 50.7 Å². The highest BCUT2D eigenvalue weighted by Gasteiger charge is 2.22. The summed E-state index contributed by atoms with van der Waals surface area (Å²) < 4.78 is 0. The van der Waals surface area contributed by atoms with Crippen LogP contribution >= 0.6 is 35.6 Å².